The van der Waals surface area contributed by atoms with E-state index in [2.05, 4.69) is 12.2 Å². The lowest BCUT2D eigenvalue weighted by Gasteiger charge is -2.13. The molecule has 0 aliphatic carbocycles. The second kappa shape index (κ2) is 6.31. The molecule has 0 heterocycles. The molecule has 2 aromatic rings. The van der Waals surface area contributed by atoms with Gasteiger partial charge in [-0.2, -0.15) is 0 Å². The maximum atomic E-state index is 6.00. The minimum atomic E-state index is 0.703. The Balaban J connectivity index is 2.21. The zero-order valence-corrected chi connectivity index (χ0v) is 11.1. The van der Waals surface area contributed by atoms with E-state index in [9.17, 15) is 0 Å². The summed E-state index contributed by atoms with van der Waals surface area (Å²) in [4.78, 5) is 0. The lowest BCUT2D eigenvalue weighted by atomic mass is 10.2. The van der Waals surface area contributed by atoms with Crippen LogP contribution in [0.5, 0.6) is 11.5 Å². The minimum Gasteiger partial charge on any atom is -0.455 e. The van der Waals surface area contributed by atoms with Crippen LogP contribution in [0.15, 0.2) is 48.5 Å². The van der Waals surface area contributed by atoms with Crippen molar-refractivity contribution in [3.8, 4) is 11.5 Å². The van der Waals surface area contributed by atoms with Crippen molar-refractivity contribution in [2.24, 2.45) is 0 Å². The molecular formula is C15H16ClNO. The molecule has 0 bridgehead atoms. The molecule has 0 radical (unpaired) electrons. The number of anilines is 1. The fourth-order valence-corrected chi connectivity index (χ4v) is 1.78. The first-order chi connectivity index (χ1) is 8.79. The quantitative estimate of drug-likeness (QED) is 0.822. The van der Waals surface area contributed by atoms with Crippen molar-refractivity contribution in [1.29, 1.82) is 0 Å². The first kappa shape index (κ1) is 12.8. The Morgan fingerprint density at radius 2 is 1.89 bits per heavy atom. The second-order valence-electron chi connectivity index (χ2n) is 3.98. The van der Waals surface area contributed by atoms with Crippen LogP contribution in [0.3, 0.4) is 0 Å². The van der Waals surface area contributed by atoms with Crippen molar-refractivity contribution in [2.45, 2.75) is 13.3 Å². The van der Waals surface area contributed by atoms with Crippen molar-refractivity contribution in [3.05, 3.63) is 53.6 Å². The van der Waals surface area contributed by atoms with Crippen LogP contribution in [0.1, 0.15) is 13.3 Å². The highest BCUT2D eigenvalue weighted by atomic mass is 35.5. The number of nitrogens with one attached hydrogen (secondary N) is 1. The Labute approximate surface area is 113 Å². The molecule has 0 spiro atoms. The molecule has 0 amide bonds. The Bertz CT molecular complexity index is 499. The summed E-state index contributed by atoms with van der Waals surface area (Å²) < 4.78 is 5.84. The van der Waals surface area contributed by atoms with Crippen LogP contribution in [0.4, 0.5) is 5.69 Å². The van der Waals surface area contributed by atoms with E-state index < -0.39 is 0 Å². The third-order valence-electron chi connectivity index (χ3n) is 2.48. The van der Waals surface area contributed by atoms with Gasteiger partial charge in [-0.15, -0.1) is 0 Å². The lowest BCUT2D eigenvalue weighted by molar-refractivity contribution is 0.484. The standard InChI is InChI=1S/C15H16ClNO/c1-2-10-17-14-11-12(16)8-9-15(14)18-13-6-4-3-5-7-13/h3-9,11,17H,2,10H2,1H3. The highest BCUT2D eigenvalue weighted by molar-refractivity contribution is 6.30. The predicted octanol–water partition coefficient (Wildman–Crippen LogP) is 4.95. The van der Waals surface area contributed by atoms with Gasteiger partial charge in [0.25, 0.3) is 0 Å². The van der Waals surface area contributed by atoms with Gasteiger partial charge in [0.1, 0.15) is 5.75 Å². The minimum absolute atomic E-state index is 0.703. The molecule has 0 fully saturated rings. The van der Waals surface area contributed by atoms with Gasteiger partial charge in [0.15, 0.2) is 5.75 Å². The molecule has 0 aliphatic rings. The topological polar surface area (TPSA) is 21.3 Å². The van der Waals surface area contributed by atoms with Gasteiger partial charge < -0.3 is 10.1 Å². The summed E-state index contributed by atoms with van der Waals surface area (Å²) in [5.74, 6) is 1.61. The van der Waals surface area contributed by atoms with E-state index in [0.717, 1.165) is 30.2 Å². The number of hydrogen-bond donors (Lipinski definition) is 1. The van der Waals surface area contributed by atoms with Crippen molar-refractivity contribution in [3.63, 3.8) is 0 Å². The lowest BCUT2D eigenvalue weighted by Crippen LogP contribution is -2.01. The van der Waals surface area contributed by atoms with Gasteiger partial charge in [0.05, 0.1) is 5.69 Å². The molecule has 0 saturated heterocycles. The summed E-state index contributed by atoms with van der Waals surface area (Å²) in [5.41, 5.74) is 0.924. The maximum Gasteiger partial charge on any atom is 0.150 e. The molecule has 94 valence electrons. The zero-order valence-electron chi connectivity index (χ0n) is 10.3. The molecule has 2 nitrogen and oxygen atoms in total. The smallest absolute Gasteiger partial charge is 0.150 e. The van der Waals surface area contributed by atoms with Crippen LogP contribution >= 0.6 is 11.6 Å². The molecule has 1 N–H and O–H groups in total. The summed E-state index contributed by atoms with van der Waals surface area (Å²) in [6.07, 6.45) is 1.05. The Morgan fingerprint density at radius 3 is 2.61 bits per heavy atom. The molecular weight excluding hydrogens is 246 g/mol. The van der Waals surface area contributed by atoms with E-state index in [4.69, 9.17) is 16.3 Å². The van der Waals surface area contributed by atoms with Crippen LogP contribution in [0.25, 0.3) is 0 Å². The SMILES string of the molecule is CCCNc1cc(Cl)ccc1Oc1ccccc1. The Hall–Kier alpha value is -1.67. The maximum absolute atomic E-state index is 6.00. The van der Waals surface area contributed by atoms with Gasteiger partial charge in [-0.1, -0.05) is 36.7 Å². The largest absolute Gasteiger partial charge is 0.455 e. The van der Waals surface area contributed by atoms with Gasteiger partial charge in [-0.05, 0) is 36.8 Å². The van der Waals surface area contributed by atoms with Crippen LogP contribution in [-0.2, 0) is 0 Å². The Morgan fingerprint density at radius 1 is 1.11 bits per heavy atom. The molecule has 0 atom stereocenters. The number of halogens is 1. The summed E-state index contributed by atoms with van der Waals surface area (Å²) in [7, 11) is 0. The normalized spacial score (nSPS) is 10.1. The number of ether oxygens (including phenoxy) is 1. The number of hydrogen-bond acceptors (Lipinski definition) is 2. The van der Waals surface area contributed by atoms with Gasteiger partial charge in [-0.3, -0.25) is 0 Å². The van der Waals surface area contributed by atoms with Gasteiger partial charge >= 0.3 is 0 Å². The summed E-state index contributed by atoms with van der Waals surface area (Å²) in [6, 6.07) is 15.3. The molecule has 2 rings (SSSR count). The molecule has 18 heavy (non-hydrogen) atoms. The van der Waals surface area contributed by atoms with Crippen LogP contribution < -0.4 is 10.1 Å². The monoisotopic (exact) mass is 261 g/mol. The van der Waals surface area contributed by atoms with E-state index in [1.165, 1.54) is 0 Å². The first-order valence-electron chi connectivity index (χ1n) is 6.06. The number of rotatable bonds is 5. The second-order valence-corrected chi connectivity index (χ2v) is 4.42. The molecule has 0 aromatic heterocycles. The number of para-hydroxylation sites is 1. The van der Waals surface area contributed by atoms with E-state index in [1.807, 2.05) is 48.5 Å². The summed E-state index contributed by atoms with van der Waals surface area (Å²) in [5, 5.41) is 4.02. The fourth-order valence-electron chi connectivity index (χ4n) is 1.60. The average Bonchev–Trinajstić information content (AvgIpc) is 2.40. The van der Waals surface area contributed by atoms with E-state index in [-0.39, 0.29) is 0 Å². The van der Waals surface area contributed by atoms with Crippen molar-refractivity contribution >= 4 is 17.3 Å². The summed E-state index contributed by atoms with van der Waals surface area (Å²) in [6.45, 7) is 3.01. The van der Waals surface area contributed by atoms with Gasteiger partial charge in [-0.25, -0.2) is 0 Å². The third kappa shape index (κ3) is 3.41. The third-order valence-corrected chi connectivity index (χ3v) is 2.71. The van der Waals surface area contributed by atoms with Crippen LogP contribution in [0.2, 0.25) is 5.02 Å². The van der Waals surface area contributed by atoms with E-state index in [0.29, 0.717) is 5.02 Å². The van der Waals surface area contributed by atoms with E-state index in [1.54, 1.807) is 0 Å². The van der Waals surface area contributed by atoms with Crippen LogP contribution in [-0.4, -0.2) is 6.54 Å². The number of benzene rings is 2. The molecule has 3 heteroatoms. The zero-order chi connectivity index (χ0) is 12.8. The first-order valence-corrected chi connectivity index (χ1v) is 6.43. The highest BCUT2D eigenvalue weighted by Crippen LogP contribution is 2.31. The molecule has 0 unspecified atom stereocenters. The molecule has 2 aromatic carbocycles. The highest BCUT2D eigenvalue weighted by Gasteiger charge is 2.05. The Kier molecular flexibility index (Phi) is 4.48. The fraction of sp³-hybridized carbons (Fsp3) is 0.200. The average molecular weight is 262 g/mol. The van der Waals surface area contributed by atoms with Crippen LogP contribution in [0, 0.1) is 0 Å². The van der Waals surface area contributed by atoms with E-state index >= 15 is 0 Å². The molecule has 0 aliphatic heterocycles. The van der Waals surface area contributed by atoms with Crippen molar-refractivity contribution in [1.82, 2.24) is 0 Å². The van der Waals surface area contributed by atoms with Gasteiger partial charge in [0.2, 0.25) is 0 Å². The summed E-state index contributed by atoms with van der Waals surface area (Å²) >= 11 is 6.00. The van der Waals surface area contributed by atoms with Crippen molar-refractivity contribution < 1.29 is 4.74 Å². The predicted molar refractivity (Wildman–Crippen MR) is 76.7 cm³/mol. The molecule has 0 saturated carbocycles. The van der Waals surface area contributed by atoms with Gasteiger partial charge in [0, 0.05) is 11.6 Å². The van der Waals surface area contributed by atoms with Crippen molar-refractivity contribution in [2.75, 3.05) is 11.9 Å².